The van der Waals surface area contributed by atoms with Crippen LogP contribution < -0.4 is 19.6 Å². The van der Waals surface area contributed by atoms with Gasteiger partial charge in [0.25, 0.3) is 5.56 Å². The molecule has 1 atom stereocenters. The molecule has 5 rings (SSSR count). The van der Waals surface area contributed by atoms with E-state index < -0.39 is 6.10 Å². The molecule has 0 saturated heterocycles. The van der Waals surface area contributed by atoms with Gasteiger partial charge in [-0.2, -0.15) is 9.50 Å². The molecule has 1 aliphatic rings. The smallest absolute Gasteiger partial charge is 0.291 e. The number of nitrogens with zero attached hydrogens (tertiary/aromatic N) is 3. The Kier molecular flexibility index (Phi) is 4.36. The normalized spacial score (nSPS) is 16.9. The largest absolute Gasteiger partial charge is 0.485 e. The first-order valence-corrected chi connectivity index (χ1v) is 10.6. The van der Waals surface area contributed by atoms with Crippen LogP contribution >= 0.6 is 11.3 Å². The molecule has 0 saturated carbocycles. The highest BCUT2D eigenvalue weighted by atomic mass is 32.1. The summed E-state index contributed by atoms with van der Waals surface area (Å²) in [5, 5.41) is 4.40. The van der Waals surface area contributed by atoms with Gasteiger partial charge in [0.1, 0.15) is 6.61 Å². The summed E-state index contributed by atoms with van der Waals surface area (Å²) in [5.41, 5.74) is 2.15. The molecule has 1 unspecified atom stereocenters. The number of aromatic nitrogens is 3. The van der Waals surface area contributed by atoms with E-state index in [4.69, 9.17) is 9.47 Å². The molecule has 7 heteroatoms. The molecule has 4 aromatic rings. The van der Waals surface area contributed by atoms with E-state index in [2.05, 4.69) is 43.0 Å². The molecular weight excluding hydrogens is 398 g/mol. The Morgan fingerprint density at radius 2 is 1.83 bits per heavy atom. The van der Waals surface area contributed by atoms with Crippen LogP contribution in [0.3, 0.4) is 0 Å². The average molecular weight is 420 g/mol. The first-order chi connectivity index (χ1) is 14.4. The van der Waals surface area contributed by atoms with Gasteiger partial charge in [-0.3, -0.25) is 4.79 Å². The van der Waals surface area contributed by atoms with E-state index >= 15 is 0 Å². The number of hydrogen-bond acceptors (Lipinski definition) is 6. The number of para-hydroxylation sites is 2. The number of ether oxygens (including phenoxy) is 2. The maximum atomic E-state index is 12.8. The predicted molar refractivity (Wildman–Crippen MR) is 116 cm³/mol. The van der Waals surface area contributed by atoms with Crippen LogP contribution in [0.5, 0.6) is 11.5 Å². The molecule has 6 nitrogen and oxygen atoms in total. The third kappa shape index (κ3) is 3.35. The fourth-order valence-electron chi connectivity index (χ4n) is 3.36. The zero-order valence-corrected chi connectivity index (χ0v) is 17.8. The summed E-state index contributed by atoms with van der Waals surface area (Å²) in [6, 6.07) is 15.8. The Morgan fingerprint density at radius 1 is 1.10 bits per heavy atom. The number of thiazole rings is 1. The highest BCUT2D eigenvalue weighted by Crippen LogP contribution is 2.35. The molecule has 0 radical (unpaired) electrons. The van der Waals surface area contributed by atoms with Gasteiger partial charge in [0.2, 0.25) is 4.96 Å². The number of fused-ring (bicyclic) bond motifs is 2. The van der Waals surface area contributed by atoms with Gasteiger partial charge in [0.15, 0.2) is 23.4 Å². The van der Waals surface area contributed by atoms with Gasteiger partial charge in [0, 0.05) is 0 Å². The van der Waals surface area contributed by atoms with E-state index in [0.29, 0.717) is 33.4 Å². The summed E-state index contributed by atoms with van der Waals surface area (Å²) < 4.78 is 13.6. The zero-order valence-electron chi connectivity index (χ0n) is 17.0. The van der Waals surface area contributed by atoms with E-state index in [1.165, 1.54) is 21.4 Å². The van der Waals surface area contributed by atoms with Gasteiger partial charge in [-0.25, -0.2) is 0 Å². The fourth-order valence-corrected chi connectivity index (χ4v) is 4.28. The molecule has 2 aromatic heterocycles. The van der Waals surface area contributed by atoms with Crippen LogP contribution in [0.2, 0.25) is 0 Å². The van der Waals surface area contributed by atoms with Crippen LogP contribution in [0.4, 0.5) is 0 Å². The van der Waals surface area contributed by atoms with Crippen molar-refractivity contribution in [3.8, 4) is 11.5 Å². The van der Waals surface area contributed by atoms with Gasteiger partial charge in [0.05, 0.1) is 4.53 Å². The minimum atomic E-state index is -0.441. The van der Waals surface area contributed by atoms with E-state index in [1.807, 2.05) is 42.5 Å². The lowest BCUT2D eigenvalue weighted by Gasteiger charge is -2.24. The molecule has 3 heterocycles. The summed E-state index contributed by atoms with van der Waals surface area (Å²) in [5.74, 6) is 1.81. The van der Waals surface area contributed by atoms with E-state index in [-0.39, 0.29) is 11.0 Å². The second-order valence-corrected chi connectivity index (χ2v) is 9.33. The summed E-state index contributed by atoms with van der Waals surface area (Å²) in [6.07, 6.45) is 1.44. The molecule has 2 aromatic carbocycles. The Bertz CT molecular complexity index is 1330. The van der Waals surface area contributed by atoms with Crippen molar-refractivity contribution >= 4 is 22.4 Å². The average Bonchev–Trinajstić information content (AvgIpc) is 3.27. The Morgan fingerprint density at radius 3 is 2.53 bits per heavy atom. The van der Waals surface area contributed by atoms with Crippen molar-refractivity contribution in [2.75, 3.05) is 6.61 Å². The molecule has 30 heavy (non-hydrogen) atoms. The lowest BCUT2D eigenvalue weighted by atomic mass is 9.87. The first-order valence-electron chi connectivity index (χ1n) is 9.79. The predicted octanol–water partition coefficient (Wildman–Crippen LogP) is 3.51. The molecule has 152 valence electrons. The van der Waals surface area contributed by atoms with Crippen LogP contribution in [0.1, 0.15) is 43.8 Å². The molecule has 0 fully saturated rings. The summed E-state index contributed by atoms with van der Waals surface area (Å²) in [4.78, 5) is 17.9. The lowest BCUT2D eigenvalue weighted by Crippen LogP contribution is -2.26. The minimum Gasteiger partial charge on any atom is -0.485 e. The highest BCUT2D eigenvalue weighted by molar-refractivity contribution is 7.15. The van der Waals surface area contributed by atoms with Crippen LogP contribution in [0.25, 0.3) is 11.0 Å². The number of rotatable bonds is 2. The second kappa shape index (κ2) is 6.95. The second-order valence-electron chi connectivity index (χ2n) is 8.32. The molecule has 0 aliphatic carbocycles. The van der Waals surface area contributed by atoms with E-state index in [0.717, 1.165) is 5.56 Å². The standard InChI is InChI=1S/C23H21N3O3S/c1-23(2,3)15-10-8-14(9-11-15)12-19-21(27)26-22(30-19)24-20(25-26)18-13-28-16-6-4-5-7-17(16)29-18/h4-12,18H,13H2,1-3H3/b19-12-. The number of benzene rings is 2. The topological polar surface area (TPSA) is 65.7 Å². The van der Waals surface area contributed by atoms with Gasteiger partial charge in [-0.1, -0.05) is 68.5 Å². The highest BCUT2D eigenvalue weighted by Gasteiger charge is 2.27. The molecule has 0 bridgehead atoms. The Hall–Kier alpha value is -3.19. The fraction of sp³-hybridized carbons (Fsp3) is 0.261. The quantitative estimate of drug-likeness (QED) is 0.498. The SMILES string of the molecule is CC(C)(C)c1ccc(/C=c2\sc3nc(C4COc5ccccc5O4)nn3c2=O)cc1. The van der Waals surface area contributed by atoms with Gasteiger partial charge >= 0.3 is 0 Å². The third-order valence-electron chi connectivity index (χ3n) is 5.07. The molecule has 1 aliphatic heterocycles. The van der Waals surface area contributed by atoms with E-state index in [9.17, 15) is 4.79 Å². The number of hydrogen-bond donors (Lipinski definition) is 0. The van der Waals surface area contributed by atoms with E-state index in [1.54, 1.807) is 0 Å². The molecule has 0 spiro atoms. The van der Waals surface area contributed by atoms with Gasteiger partial charge in [-0.15, -0.1) is 5.10 Å². The van der Waals surface area contributed by atoms with Crippen molar-refractivity contribution in [3.05, 3.63) is 80.4 Å². The monoisotopic (exact) mass is 419 g/mol. The summed E-state index contributed by atoms with van der Waals surface area (Å²) in [6.45, 7) is 6.85. The Labute approximate surface area is 177 Å². The minimum absolute atomic E-state index is 0.0948. The summed E-state index contributed by atoms with van der Waals surface area (Å²) in [7, 11) is 0. The lowest BCUT2D eigenvalue weighted by molar-refractivity contribution is 0.0852. The van der Waals surface area contributed by atoms with Crippen molar-refractivity contribution < 1.29 is 9.47 Å². The Balaban J connectivity index is 1.45. The van der Waals surface area contributed by atoms with Gasteiger partial charge < -0.3 is 9.47 Å². The first kappa shape index (κ1) is 18.8. The van der Waals surface area contributed by atoms with Crippen molar-refractivity contribution in [1.29, 1.82) is 0 Å². The maximum absolute atomic E-state index is 12.8. The van der Waals surface area contributed by atoms with Gasteiger partial charge in [-0.05, 0) is 34.8 Å². The maximum Gasteiger partial charge on any atom is 0.291 e. The molecule has 0 amide bonds. The summed E-state index contributed by atoms with van der Waals surface area (Å²) >= 11 is 1.32. The zero-order chi connectivity index (χ0) is 20.9. The van der Waals surface area contributed by atoms with Crippen LogP contribution in [-0.4, -0.2) is 21.2 Å². The molecule has 0 N–H and O–H groups in total. The van der Waals surface area contributed by atoms with Crippen molar-refractivity contribution in [2.24, 2.45) is 0 Å². The van der Waals surface area contributed by atoms with Crippen molar-refractivity contribution in [3.63, 3.8) is 0 Å². The van der Waals surface area contributed by atoms with Crippen molar-refractivity contribution in [2.45, 2.75) is 32.3 Å². The van der Waals surface area contributed by atoms with Crippen molar-refractivity contribution in [1.82, 2.24) is 14.6 Å². The third-order valence-corrected chi connectivity index (χ3v) is 6.03. The van der Waals surface area contributed by atoms with Crippen LogP contribution in [-0.2, 0) is 5.41 Å². The molecular formula is C23H21N3O3S. The van der Waals surface area contributed by atoms with Crippen LogP contribution in [0, 0.1) is 0 Å². The van der Waals surface area contributed by atoms with Crippen LogP contribution in [0.15, 0.2) is 53.3 Å².